The molecule has 31 heavy (non-hydrogen) atoms. The van der Waals surface area contributed by atoms with Crippen LogP contribution in [0.25, 0.3) is 49.4 Å². The van der Waals surface area contributed by atoms with Crippen molar-refractivity contribution in [2.75, 3.05) is 0 Å². The Morgan fingerprint density at radius 2 is 1.42 bits per heavy atom. The molecule has 2 aromatic heterocycles. The van der Waals surface area contributed by atoms with Gasteiger partial charge in [0.2, 0.25) is 0 Å². The van der Waals surface area contributed by atoms with Gasteiger partial charge < -0.3 is 8.98 Å². The summed E-state index contributed by atoms with van der Waals surface area (Å²) < 4.78 is 8.61. The van der Waals surface area contributed by atoms with E-state index in [2.05, 4.69) is 104 Å². The molecule has 6 rings (SSSR count). The molecule has 0 aliphatic rings. The van der Waals surface area contributed by atoms with E-state index in [0.717, 1.165) is 17.6 Å². The van der Waals surface area contributed by atoms with Gasteiger partial charge in [0.15, 0.2) is 0 Å². The molecule has 0 N–H and O–H groups in total. The molecule has 4 aromatic carbocycles. The van der Waals surface area contributed by atoms with Crippen molar-refractivity contribution in [3.63, 3.8) is 0 Å². The first-order chi connectivity index (χ1) is 15.0. The fraction of sp³-hybridized carbons (Fsp3) is 0.172. The van der Waals surface area contributed by atoms with E-state index in [-0.39, 0.29) is 5.41 Å². The van der Waals surface area contributed by atoms with Crippen LogP contribution in [-0.4, -0.2) is 4.57 Å². The van der Waals surface area contributed by atoms with Crippen molar-refractivity contribution in [2.45, 2.75) is 27.2 Å². The molecule has 0 aliphatic heterocycles. The second kappa shape index (κ2) is 6.49. The van der Waals surface area contributed by atoms with Crippen LogP contribution in [0.2, 0.25) is 0 Å². The molecule has 0 fully saturated rings. The lowest BCUT2D eigenvalue weighted by atomic mass is 9.87. The minimum Gasteiger partial charge on any atom is -0.456 e. The smallest absolute Gasteiger partial charge is 0.136 e. The largest absolute Gasteiger partial charge is 0.456 e. The van der Waals surface area contributed by atoms with E-state index in [1.165, 1.54) is 43.8 Å². The van der Waals surface area contributed by atoms with E-state index in [1.54, 1.807) is 0 Å². The summed E-state index contributed by atoms with van der Waals surface area (Å²) in [6.45, 7) is 6.89. The van der Waals surface area contributed by atoms with Gasteiger partial charge in [0, 0.05) is 27.2 Å². The topological polar surface area (TPSA) is 18.1 Å². The minimum atomic E-state index is 0.239. The zero-order valence-electron chi connectivity index (χ0n) is 18.1. The standard InChI is InChI=1S/C29H25NO/c1-29(2,3)18-19-13-14-23-22(17-19)27-24(30(23)20-9-5-4-6-10-20)15-16-26-28(27)21-11-7-8-12-25(21)31-26/h4-17H,18H2,1-3H3. The van der Waals surface area contributed by atoms with Gasteiger partial charge in [-0.05, 0) is 59.9 Å². The number of hydrogen-bond donors (Lipinski definition) is 0. The van der Waals surface area contributed by atoms with Crippen LogP contribution < -0.4 is 0 Å². The van der Waals surface area contributed by atoms with Crippen molar-refractivity contribution in [1.82, 2.24) is 4.57 Å². The van der Waals surface area contributed by atoms with Crippen molar-refractivity contribution in [3.8, 4) is 5.69 Å². The lowest BCUT2D eigenvalue weighted by Gasteiger charge is -2.18. The first kappa shape index (κ1) is 18.3. The van der Waals surface area contributed by atoms with E-state index < -0.39 is 0 Å². The number of aromatic nitrogens is 1. The van der Waals surface area contributed by atoms with Crippen molar-refractivity contribution >= 4 is 43.7 Å². The third kappa shape index (κ3) is 2.86. The molecule has 2 heteroatoms. The Kier molecular flexibility index (Phi) is 3.82. The van der Waals surface area contributed by atoms with Gasteiger partial charge in [0.05, 0.1) is 11.0 Å². The summed E-state index contributed by atoms with van der Waals surface area (Å²) in [4.78, 5) is 0. The molecule has 0 aliphatic carbocycles. The van der Waals surface area contributed by atoms with Crippen molar-refractivity contribution in [2.24, 2.45) is 5.41 Å². The van der Waals surface area contributed by atoms with Crippen molar-refractivity contribution in [1.29, 1.82) is 0 Å². The third-order valence-electron chi connectivity index (χ3n) is 6.08. The average molecular weight is 404 g/mol. The molecule has 0 bridgehead atoms. The van der Waals surface area contributed by atoms with E-state index >= 15 is 0 Å². The maximum atomic E-state index is 6.23. The Balaban J connectivity index is 1.81. The van der Waals surface area contributed by atoms with Gasteiger partial charge in [-0.3, -0.25) is 0 Å². The van der Waals surface area contributed by atoms with Gasteiger partial charge in [-0.15, -0.1) is 0 Å². The highest BCUT2D eigenvalue weighted by atomic mass is 16.3. The first-order valence-corrected chi connectivity index (χ1v) is 10.9. The molecule has 0 radical (unpaired) electrons. The maximum Gasteiger partial charge on any atom is 0.136 e. The van der Waals surface area contributed by atoms with Gasteiger partial charge in [-0.25, -0.2) is 0 Å². The van der Waals surface area contributed by atoms with Gasteiger partial charge in [-0.1, -0.05) is 63.2 Å². The SMILES string of the molecule is CC(C)(C)Cc1ccc2c(c1)c1c3c(ccc1n2-c1ccccc1)oc1ccccc13. The second-order valence-corrected chi connectivity index (χ2v) is 9.69. The molecule has 2 heterocycles. The lowest BCUT2D eigenvalue weighted by molar-refractivity contribution is 0.411. The zero-order valence-corrected chi connectivity index (χ0v) is 18.1. The van der Waals surface area contributed by atoms with E-state index in [4.69, 9.17) is 4.42 Å². The summed E-state index contributed by atoms with van der Waals surface area (Å²) in [5.74, 6) is 0. The van der Waals surface area contributed by atoms with Crippen LogP contribution in [0.3, 0.4) is 0 Å². The fourth-order valence-electron chi connectivity index (χ4n) is 4.95. The van der Waals surface area contributed by atoms with Crippen LogP contribution in [0.15, 0.2) is 89.3 Å². The Morgan fingerprint density at radius 3 is 2.23 bits per heavy atom. The van der Waals surface area contributed by atoms with Gasteiger partial charge in [0.1, 0.15) is 11.2 Å². The van der Waals surface area contributed by atoms with Crippen molar-refractivity contribution in [3.05, 3.63) is 90.5 Å². The summed E-state index contributed by atoms with van der Waals surface area (Å²) in [7, 11) is 0. The molecule has 0 amide bonds. The summed E-state index contributed by atoms with van der Waals surface area (Å²) in [6.07, 6.45) is 1.04. The number of furan rings is 1. The first-order valence-electron chi connectivity index (χ1n) is 10.9. The monoisotopic (exact) mass is 403 g/mol. The predicted molar refractivity (Wildman–Crippen MR) is 131 cm³/mol. The number of fused-ring (bicyclic) bond motifs is 7. The molecule has 0 spiro atoms. The molecule has 6 aromatic rings. The van der Waals surface area contributed by atoms with Crippen LogP contribution >= 0.6 is 0 Å². The van der Waals surface area contributed by atoms with Gasteiger partial charge in [-0.2, -0.15) is 0 Å². The zero-order chi connectivity index (χ0) is 21.2. The Morgan fingerprint density at radius 1 is 0.677 bits per heavy atom. The summed E-state index contributed by atoms with van der Waals surface area (Å²) >= 11 is 0. The normalized spacial score (nSPS) is 12.5. The Labute approximate surface area is 181 Å². The quantitative estimate of drug-likeness (QED) is 0.284. The second-order valence-electron chi connectivity index (χ2n) is 9.69. The van der Waals surface area contributed by atoms with Crippen molar-refractivity contribution < 1.29 is 4.42 Å². The predicted octanol–water partition coefficient (Wildman–Crippen LogP) is 8.27. The number of para-hydroxylation sites is 2. The summed E-state index contributed by atoms with van der Waals surface area (Å²) in [5, 5.41) is 4.95. The molecular weight excluding hydrogens is 378 g/mol. The summed E-state index contributed by atoms with van der Waals surface area (Å²) in [6, 6.07) is 30.3. The minimum absolute atomic E-state index is 0.239. The molecule has 0 saturated carbocycles. The number of benzene rings is 4. The fourth-order valence-corrected chi connectivity index (χ4v) is 4.95. The number of nitrogens with zero attached hydrogens (tertiary/aromatic N) is 1. The molecular formula is C29H25NO. The molecule has 0 atom stereocenters. The molecule has 152 valence electrons. The van der Waals surface area contributed by atoms with Gasteiger partial charge in [0.25, 0.3) is 0 Å². The number of hydrogen-bond acceptors (Lipinski definition) is 1. The van der Waals surface area contributed by atoms with E-state index in [1.807, 2.05) is 6.07 Å². The maximum absolute atomic E-state index is 6.23. The van der Waals surface area contributed by atoms with Crippen LogP contribution in [0, 0.1) is 5.41 Å². The molecule has 0 saturated heterocycles. The highest BCUT2D eigenvalue weighted by Crippen LogP contribution is 2.41. The van der Waals surface area contributed by atoms with Crippen LogP contribution in [0.5, 0.6) is 0 Å². The molecule has 0 unspecified atom stereocenters. The van der Waals surface area contributed by atoms with E-state index in [0.29, 0.717) is 0 Å². The van der Waals surface area contributed by atoms with E-state index in [9.17, 15) is 0 Å². The van der Waals surface area contributed by atoms with Crippen LogP contribution in [0.4, 0.5) is 0 Å². The number of rotatable bonds is 2. The van der Waals surface area contributed by atoms with Gasteiger partial charge >= 0.3 is 0 Å². The average Bonchev–Trinajstić information content (AvgIpc) is 3.28. The Bertz CT molecular complexity index is 1580. The summed E-state index contributed by atoms with van der Waals surface area (Å²) in [5.41, 5.74) is 7.13. The third-order valence-corrected chi connectivity index (χ3v) is 6.08. The highest BCUT2D eigenvalue weighted by Gasteiger charge is 2.20. The highest BCUT2D eigenvalue weighted by molar-refractivity contribution is 6.27. The Hall–Kier alpha value is -3.52. The van der Waals surface area contributed by atoms with Crippen LogP contribution in [-0.2, 0) is 6.42 Å². The molecule has 2 nitrogen and oxygen atoms in total. The van der Waals surface area contributed by atoms with Crippen LogP contribution in [0.1, 0.15) is 26.3 Å². The lowest BCUT2D eigenvalue weighted by Crippen LogP contribution is -2.08.